The molecule has 0 aliphatic carbocycles. The molecule has 0 saturated carbocycles. The number of allylic oxidation sites excluding steroid dienone is 1. The number of nitrogens with one attached hydrogen (secondary N) is 3. The molecule has 7 nitrogen and oxygen atoms in total. The first-order valence-electron chi connectivity index (χ1n) is 5.72. The van der Waals surface area contributed by atoms with Crippen LogP contribution in [-0.4, -0.2) is 60.8 Å². The van der Waals surface area contributed by atoms with E-state index in [1.807, 2.05) is 0 Å². The van der Waals surface area contributed by atoms with Crippen LogP contribution in [0.2, 0.25) is 0 Å². The molecule has 0 spiro atoms. The first-order valence-corrected chi connectivity index (χ1v) is 6.98. The summed E-state index contributed by atoms with van der Waals surface area (Å²) in [7, 11) is -0.593. The second-order valence-electron chi connectivity index (χ2n) is 4.31. The largest absolute Gasteiger partial charge is 0.477 e. The molecular weight excluding hydrogens is 256 g/mol. The SMILES string of the molecule is COC1CN([C@H]2CN/C(=C(\C=N)[SH](=N)=O)OC2)C1. The van der Waals surface area contributed by atoms with Gasteiger partial charge in [0.2, 0.25) is 5.88 Å². The van der Waals surface area contributed by atoms with E-state index in [2.05, 4.69) is 10.2 Å². The first kappa shape index (κ1) is 13.3. The van der Waals surface area contributed by atoms with Gasteiger partial charge in [-0.15, -0.1) is 0 Å². The highest BCUT2D eigenvalue weighted by molar-refractivity contribution is 7.78. The third-order valence-electron chi connectivity index (χ3n) is 3.23. The highest BCUT2D eigenvalue weighted by Gasteiger charge is 2.34. The Labute approximate surface area is 108 Å². The van der Waals surface area contributed by atoms with Crippen LogP contribution in [0.1, 0.15) is 0 Å². The molecule has 2 heterocycles. The van der Waals surface area contributed by atoms with Crippen molar-refractivity contribution < 1.29 is 13.7 Å². The molecule has 0 bridgehead atoms. The van der Waals surface area contributed by atoms with E-state index in [-0.39, 0.29) is 10.9 Å². The molecule has 0 radical (unpaired) electrons. The number of ether oxygens (including phenoxy) is 2. The average molecular weight is 274 g/mol. The molecule has 102 valence electrons. The lowest BCUT2D eigenvalue weighted by atomic mass is 10.1. The van der Waals surface area contributed by atoms with Gasteiger partial charge in [0.1, 0.15) is 11.5 Å². The van der Waals surface area contributed by atoms with E-state index >= 15 is 0 Å². The number of hydrogen-bond acceptors (Lipinski definition) is 7. The highest BCUT2D eigenvalue weighted by Crippen LogP contribution is 2.18. The Hall–Kier alpha value is -1.12. The molecule has 2 rings (SSSR count). The summed E-state index contributed by atoms with van der Waals surface area (Å²) >= 11 is 0. The maximum absolute atomic E-state index is 11.1. The first-order chi connectivity index (χ1) is 8.65. The lowest BCUT2D eigenvalue weighted by Gasteiger charge is -2.45. The van der Waals surface area contributed by atoms with Gasteiger partial charge in [0.25, 0.3) is 0 Å². The number of nitrogens with zero attached hydrogens (tertiary/aromatic N) is 1. The summed E-state index contributed by atoms with van der Waals surface area (Å²) in [5.74, 6) is 0.307. The topological polar surface area (TPSA) is 98.5 Å². The van der Waals surface area contributed by atoms with Crippen LogP contribution in [0.3, 0.4) is 0 Å². The maximum Gasteiger partial charge on any atom is 0.205 e. The molecule has 3 N–H and O–H groups in total. The summed E-state index contributed by atoms with van der Waals surface area (Å²) in [6.07, 6.45) is 1.22. The van der Waals surface area contributed by atoms with Crippen molar-refractivity contribution in [2.45, 2.75) is 12.1 Å². The van der Waals surface area contributed by atoms with Crippen LogP contribution in [0.25, 0.3) is 0 Å². The van der Waals surface area contributed by atoms with Crippen molar-refractivity contribution in [2.75, 3.05) is 33.4 Å². The maximum atomic E-state index is 11.1. The number of likely N-dealkylation sites (tertiary alicyclic amines) is 1. The predicted octanol–water partition coefficient (Wildman–Crippen LogP) is -0.633. The minimum Gasteiger partial charge on any atom is -0.477 e. The number of thiol groups is 1. The van der Waals surface area contributed by atoms with Crippen LogP contribution < -0.4 is 5.32 Å². The minimum atomic E-state index is -2.30. The summed E-state index contributed by atoms with van der Waals surface area (Å²) in [5, 5.41) is 10.1. The number of hydrogen-bond donors (Lipinski definition) is 4. The molecular formula is C10H18N4O3S. The lowest BCUT2D eigenvalue weighted by Crippen LogP contribution is -2.61. The van der Waals surface area contributed by atoms with Gasteiger partial charge >= 0.3 is 0 Å². The fourth-order valence-electron chi connectivity index (χ4n) is 2.03. The molecule has 0 aromatic rings. The number of rotatable bonds is 4. The van der Waals surface area contributed by atoms with Crippen molar-refractivity contribution in [3.63, 3.8) is 0 Å². The molecule has 0 aromatic carbocycles. The molecule has 18 heavy (non-hydrogen) atoms. The zero-order chi connectivity index (χ0) is 13.1. The summed E-state index contributed by atoms with van der Waals surface area (Å²) in [6.45, 7) is 2.95. The Kier molecular flexibility index (Phi) is 4.20. The van der Waals surface area contributed by atoms with Crippen molar-refractivity contribution in [3.05, 3.63) is 10.8 Å². The average Bonchev–Trinajstić information content (AvgIpc) is 2.30. The fourth-order valence-corrected chi connectivity index (χ4v) is 2.48. The van der Waals surface area contributed by atoms with Gasteiger partial charge in [-0.1, -0.05) is 0 Å². The van der Waals surface area contributed by atoms with Crippen LogP contribution in [0.15, 0.2) is 10.8 Å². The van der Waals surface area contributed by atoms with E-state index in [1.54, 1.807) is 7.11 Å². The monoisotopic (exact) mass is 274 g/mol. The Morgan fingerprint density at radius 2 is 2.39 bits per heavy atom. The van der Waals surface area contributed by atoms with Crippen LogP contribution in [0.5, 0.6) is 0 Å². The summed E-state index contributed by atoms with van der Waals surface area (Å²) in [6, 6.07) is 0.260. The van der Waals surface area contributed by atoms with Crippen LogP contribution in [0, 0.1) is 10.2 Å². The third-order valence-corrected chi connectivity index (χ3v) is 4.00. The third kappa shape index (κ3) is 2.65. The fraction of sp³-hybridized carbons (Fsp3) is 0.700. The van der Waals surface area contributed by atoms with Gasteiger partial charge in [-0.25, -0.2) is 4.21 Å². The lowest BCUT2D eigenvalue weighted by molar-refractivity contribution is -0.0705. The van der Waals surface area contributed by atoms with E-state index in [4.69, 9.17) is 19.7 Å². The van der Waals surface area contributed by atoms with E-state index in [1.165, 1.54) is 0 Å². The van der Waals surface area contributed by atoms with Crippen molar-refractivity contribution in [1.82, 2.24) is 10.2 Å². The zero-order valence-electron chi connectivity index (χ0n) is 10.2. The van der Waals surface area contributed by atoms with Crippen LogP contribution in [0.4, 0.5) is 0 Å². The zero-order valence-corrected chi connectivity index (χ0v) is 11.1. The molecule has 2 saturated heterocycles. The molecule has 8 heteroatoms. The van der Waals surface area contributed by atoms with E-state index in [9.17, 15) is 4.21 Å². The Morgan fingerprint density at radius 3 is 2.83 bits per heavy atom. The highest BCUT2D eigenvalue weighted by atomic mass is 32.2. The summed E-state index contributed by atoms with van der Waals surface area (Å²) in [4.78, 5) is 2.37. The molecule has 1 unspecified atom stereocenters. The molecule has 2 aliphatic rings. The van der Waals surface area contributed by atoms with Crippen LogP contribution in [-0.2, 0) is 20.1 Å². The quantitative estimate of drug-likeness (QED) is 0.404. The van der Waals surface area contributed by atoms with Gasteiger partial charge in [0.15, 0.2) is 0 Å². The van der Waals surface area contributed by atoms with Crippen molar-refractivity contribution in [1.29, 1.82) is 10.2 Å². The molecule has 2 atom stereocenters. The van der Waals surface area contributed by atoms with E-state index in [0.717, 1.165) is 19.3 Å². The van der Waals surface area contributed by atoms with Gasteiger partial charge in [-0.2, -0.15) is 0 Å². The second-order valence-corrected chi connectivity index (χ2v) is 5.38. The Morgan fingerprint density at radius 1 is 1.67 bits per heavy atom. The minimum absolute atomic E-state index is 0.113. The smallest absolute Gasteiger partial charge is 0.205 e. The second kappa shape index (κ2) is 5.68. The van der Waals surface area contributed by atoms with Crippen molar-refractivity contribution >= 4 is 16.8 Å². The molecule has 2 fully saturated rings. The van der Waals surface area contributed by atoms with Gasteiger partial charge in [0.05, 0.1) is 22.7 Å². The predicted molar refractivity (Wildman–Crippen MR) is 68.2 cm³/mol. The Bertz CT molecular complexity index is 411. The number of methoxy groups -OCH3 is 1. The summed E-state index contributed by atoms with van der Waals surface area (Å²) < 4.78 is 28.9. The molecule has 0 aromatic heterocycles. The van der Waals surface area contributed by atoms with Gasteiger partial charge in [-0.05, 0) is 0 Å². The normalized spacial score (nSPS) is 29.7. The summed E-state index contributed by atoms with van der Waals surface area (Å²) in [5.41, 5.74) is 0. The Balaban J connectivity index is 1.90. The van der Waals surface area contributed by atoms with Crippen LogP contribution >= 0.6 is 0 Å². The van der Waals surface area contributed by atoms with Crippen molar-refractivity contribution in [3.8, 4) is 0 Å². The van der Waals surface area contributed by atoms with Crippen molar-refractivity contribution in [2.24, 2.45) is 0 Å². The van der Waals surface area contributed by atoms with Gasteiger partial charge < -0.3 is 20.2 Å². The van der Waals surface area contributed by atoms with Gasteiger partial charge in [-0.3, -0.25) is 9.68 Å². The van der Waals surface area contributed by atoms with E-state index < -0.39 is 10.6 Å². The standard InChI is InChI=1S/C10H18N4O3S/c1-16-8-4-14(5-8)7-3-13-10(17-6-7)9(2-11)18(12)15/h2,7-8,11-13,18H,3-6H2,1H3/b10-9-,11-2?/t7-/m0/s1. The molecule has 0 amide bonds. The van der Waals surface area contributed by atoms with Gasteiger partial charge in [0, 0.05) is 33.0 Å². The van der Waals surface area contributed by atoms with E-state index in [0.29, 0.717) is 25.1 Å². The molecule has 2 aliphatic heterocycles.